The summed E-state index contributed by atoms with van der Waals surface area (Å²) < 4.78 is 0. The Morgan fingerprint density at radius 1 is 1.24 bits per heavy atom. The summed E-state index contributed by atoms with van der Waals surface area (Å²) in [6.45, 7) is 4.19. The minimum atomic E-state index is -0.157. The van der Waals surface area contributed by atoms with Gasteiger partial charge in [0.05, 0.1) is 17.0 Å². The Morgan fingerprint density at radius 2 is 2.10 bits per heavy atom. The summed E-state index contributed by atoms with van der Waals surface area (Å²) in [6.07, 6.45) is 8.53. The number of H-pyrrole nitrogens is 1. The van der Waals surface area contributed by atoms with E-state index in [1.165, 1.54) is 6.08 Å². The second kappa shape index (κ2) is 7.02. The van der Waals surface area contributed by atoms with Crippen LogP contribution in [0.3, 0.4) is 0 Å². The van der Waals surface area contributed by atoms with Crippen LogP contribution in [0.2, 0.25) is 0 Å². The smallest absolute Gasteiger partial charge is 0.253 e. The molecule has 2 aliphatic carbocycles. The van der Waals surface area contributed by atoms with Crippen LogP contribution in [0.5, 0.6) is 0 Å². The Bertz CT molecular complexity index is 1010. The van der Waals surface area contributed by atoms with E-state index in [1.54, 1.807) is 0 Å². The molecule has 0 aromatic carbocycles. The summed E-state index contributed by atoms with van der Waals surface area (Å²) in [4.78, 5) is 36.8. The molecule has 0 spiro atoms. The Balaban J connectivity index is 1.44. The van der Waals surface area contributed by atoms with E-state index >= 15 is 0 Å². The summed E-state index contributed by atoms with van der Waals surface area (Å²) in [5.74, 6) is 0.402. The highest BCUT2D eigenvalue weighted by atomic mass is 16.2. The van der Waals surface area contributed by atoms with Crippen molar-refractivity contribution in [2.45, 2.75) is 50.6 Å². The molecule has 0 radical (unpaired) electrons. The molecule has 2 aromatic heterocycles. The van der Waals surface area contributed by atoms with Crippen LogP contribution in [0.15, 0.2) is 18.9 Å². The number of anilines is 1. The Kier molecular flexibility index (Phi) is 4.34. The molecule has 2 aromatic rings. The zero-order valence-electron chi connectivity index (χ0n) is 16.2. The van der Waals surface area contributed by atoms with Crippen LogP contribution in [-0.2, 0) is 24.1 Å². The number of hydrogen-bond acceptors (Lipinski definition) is 5. The number of aryl methyl sites for hydroxylation is 1. The molecule has 0 saturated heterocycles. The number of aromatic amines is 1. The maximum Gasteiger partial charge on any atom is 0.253 e. The fourth-order valence-corrected chi connectivity index (χ4v) is 4.75. The number of nitrogens with zero attached hydrogens (tertiary/aromatic N) is 2. The van der Waals surface area contributed by atoms with Gasteiger partial charge in [-0.05, 0) is 49.3 Å². The molecule has 29 heavy (non-hydrogen) atoms. The van der Waals surface area contributed by atoms with Gasteiger partial charge in [-0.15, -0.1) is 0 Å². The molecule has 2 atom stereocenters. The van der Waals surface area contributed by atoms with E-state index in [9.17, 15) is 9.59 Å². The SMILES string of the molecule is C=CC(=O)N[C@@H]1CCC[C@@H]1Nc1ncc2c(n1)-c1[nH]c3c(c1CC2)C(=O)NCC3. The molecule has 8 nitrogen and oxygen atoms in total. The van der Waals surface area contributed by atoms with E-state index in [1.807, 2.05) is 6.20 Å². The van der Waals surface area contributed by atoms with Crippen molar-refractivity contribution in [3.05, 3.63) is 41.2 Å². The van der Waals surface area contributed by atoms with Crippen LogP contribution >= 0.6 is 0 Å². The first-order valence-corrected chi connectivity index (χ1v) is 10.2. The van der Waals surface area contributed by atoms with Crippen molar-refractivity contribution in [2.24, 2.45) is 0 Å². The molecule has 4 N–H and O–H groups in total. The van der Waals surface area contributed by atoms with E-state index in [0.29, 0.717) is 12.5 Å². The number of carbonyl (C=O) groups excluding carboxylic acids is 2. The highest BCUT2D eigenvalue weighted by Gasteiger charge is 2.32. The number of rotatable bonds is 4. The summed E-state index contributed by atoms with van der Waals surface area (Å²) >= 11 is 0. The third-order valence-corrected chi connectivity index (χ3v) is 6.16. The molecule has 1 saturated carbocycles. The summed E-state index contributed by atoms with van der Waals surface area (Å²) in [6, 6.07) is 0.125. The molecule has 0 bridgehead atoms. The van der Waals surface area contributed by atoms with Crippen LogP contribution in [-0.4, -0.2) is 45.4 Å². The van der Waals surface area contributed by atoms with Crippen LogP contribution in [0.4, 0.5) is 5.95 Å². The number of nitrogens with one attached hydrogen (secondary N) is 4. The van der Waals surface area contributed by atoms with Crippen molar-refractivity contribution in [1.29, 1.82) is 0 Å². The molecule has 2 amide bonds. The average Bonchev–Trinajstić information content (AvgIpc) is 3.32. The number of aromatic nitrogens is 3. The van der Waals surface area contributed by atoms with E-state index in [4.69, 9.17) is 4.98 Å². The van der Waals surface area contributed by atoms with Gasteiger partial charge < -0.3 is 20.9 Å². The fourth-order valence-electron chi connectivity index (χ4n) is 4.75. The number of carbonyl (C=O) groups is 2. The van der Waals surface area contributed by atoms with E-state index in [-0.39, 0.29) is 23.9 Å². The Labute approximate surface area is 168 Å². The monoisotopic (exact) mass is 392 g/mol. The fraction of sp³-hybridized carbons (Fsp3) is 0.429. The third kappa shape index (κ3) is 3.08. The maximum absolute atomic E-state index is 12.4. The molecule has 0 unspecified atom stereocenters. The van der Waals surface area contributed by atoms with Gasteiger partial charge >= 0.3 is 0 Å². The first-order chi connectivity index (χ1) is 14.1. The number of hydrogen-bond donors (Lipinski definition) is 4. The van der Waals surface area contributed by atoms with Gasteiger partial charge in [0, 0.05) is 36.9 Å². The topological polar surface area (TPSA) is 112 Å². The van der Waals surface area contributed by atoms with Crippen molar-refractivity contribution in [3.63, 3.8) is 0 Å². The minimum Gasteiger partial charge on any atom is -0.356 e. The lowest BCUT2D eigenvalue weighted by Gasteiger charge is -2.23. The van der Waals surface area contributed by atoms with Crippen molar-refractivity contribution in [1.82, 2.24) is 25.6 Å². The molecule has 5 rings (SSSR count). The van der Waals surface area contributed by atoms with Crippen LogP contribution < -0.4 is 16.0 Å². The quantitative estimate of drug-likeness (QED) is 0.589. The molecular weight excluding hydrogens is 368 g/mol. The predicted octanol–water partition coefficient (Wildman–Crippen LogP) is 1.49. The van der Waals surface area contributed by atoms with Gasteiger partial charge in [-0.25, -0.2) is 9.97 Å². The van der Waals surface area contributed by atoms with Gasteiger partial charge in [-0.3, -0.25) is 9.59 Å². The van der Waals surface area contributed by atoms with E-state index in [2.05, 4.69) is 32.5 Å². The highest BCUT2D eigenvalue weighted by Crippen LogP contribution is 2.36. The second-order valence-corrected chi connectivity index (χ2v) is 7.91. The minimum absolute atomic E-state index is 0.00589. The molecule has 1 fully saturated rings. The van der Waals surface area contributed by atoms with E-state index in [0.717, 1.165) is 72.3 Å². The lowest BCUT2D eigenvalue weighted by molar-refractivity contribution is -0.117. The first-order valence-electron chi connectivity index (χ1n) is 10.2. The van der Waals surface area contributed by atoms with Crippen molar-refractivity contribution < 1.29 is 9.59 Å². The first kappa shape index (κ1) is 17.9. The normalized spacial score (nSPS) is 22.1. The van der Waals surface area contributed by atoms with Gasteiger partial charge in [0.15, 0.2) is 0 Å². The van der Waals surface area contributed by atoms with Crippen molar-refractivity contribution in [3.8, 4) is 11.4 Å². The Morgan fingerprint density at radius 3 is 2.97 bits per heavy atom. The molecule has 8 heteroatoms. The summed E-state index contributed by atoms with van der Waals surface area (Å²) in [5.41, 5.74) is 5.77. The van der Waals surface area contributed by atoms with E-state index < -0.39 is 0 Å². The predicted molar refractivity (Wildman–Crippen MR) is 109 cm³/mol. The third-order valence-electron chi connectivity index (χ3n) is 6.16. The lowest BCUT2D eigenvalue weighted by Crippen LogP contribution is -2.43. The molecule has 1 aliphatic heterocycles. The van der Waals surface area contributed by atoms with Gasteiger partial charge in [0.2, 0.25) is 11.9 Å². The number of fused-ring (bicyclic) bond motifs is 5. The van der Waals surface area contributed by atoms with Crippen LogP contribution in [0, 0.1) is 0 Å². The average molecular weight is 392 g/mol. The molecule has 3 aliphatic rings. The lowest BCUT2D eigenvalue weighted by atomic mass is 9.91. The summed E-state index contributed by atoms with van der Waals surface area (Å²) in [7, 11) is 0. The molecular formula is C21H24N6O2. The van der Waals surface area contributed by atoms with Gasteiger partial charge in [0.1, 0.15) is 0 Å². The van der Waals surface area contributed by atoms with Crippen molar-refractivity contribution >= 4 is 17.8 Å². The van der Waals surface area contributed by atoms with Gasteiger partial charge in [0.25, 0.3) is 5.91 Å². The number of amides is 2. The maximum atomic E-state index is 12.4. The zero-order chi connectivity index (χ0) is 20.0. The van der Waals surface area contributed by atoms with Crippen LogP contribution in [0.25, 0.3) is 11.4 Å². The second-order valence-electron chi connectivity index (χ2n) is 7.91. The zero-order valence-corrected chi connectivity index (χ0v) is 16.2. The van der Waals surface area contributed by atoms with Gasteiger partial charge in [-0.1, -0.05) is 6.58 Å². The van der Waals surface area contributed by atoms with Gasteiger partial charge in [-0.2, -0.15) is 0 Å². The molecule has 150 valence electrons. The Hall–Kier alpha value is -3.16. The van der Waals surface area contributed by atoms with Crippen LogP contribution in [0.1, 0.15) is 46.4 Å². The highest BCUT2D eigenvalue weighted by molar-refractivity contribution is 6.00. The largest absolute Gasteiger partial charge is 0.356 e. The standard InChI is InChI=1S/C21H24N6O2/c1-2-16(28)24-13-4-3-5-14(13)26-21-23-10-11-6-7-12-17-15(8-9-22-20(17)29)25-19(12)18(11)27-21/h2,10,13-14,25H,1,3-9H2,(H,22,29)(H,24,28)(H,23,26,27)/t13-,14+/m1/s1. The molecule has 3 heterocycles. The van der Waals surface area contributed by atoms with Crippen molar-refractivity contribution in [2.75, 3.05) is 11.9 Å². The summed E-state index contributed by atoms with van der Waals surface area (Å²) in [5, 5.41) is 9.33.